The summed E-state index contributed by atoms with van der Waals surface area (Å²) >= 11 is 6.24. The molecule has 0 bridgehead atoms. The lowest BCUT2D eigenvalue weighted by Gasteiger charge is -2.09. The van der Waals surface area contributed by atoms with Crippen molar-refractivity contribution in [2.24, 2.45) is 5.10 Å². The molecule has 2 aromatic carbocycles. The van der Waals surface area contributed by atoms with Crippen LogP contribution in [0.5, 0.6) is 11.5 Å². The summed E-state index contributed by atoms with van der Waals surface area (Å²) in [6.07, 6.45) is 1.50. The molecule has 0 aliphatic rings. The first kappa shape index (κ1) is 20.6. The topological polar surface area (TPSA) is 83.8 Å². The summed E-state index contributed by atoms with van der Waals surface area (Å²) in [6, 6.07) is 11.2. The van der Waals surface area contributed by atoms with Crippen LogP contribution < -0.4 is 10.2 Å². The fourth-order valence-corrected chi connectivity index (χ4v) is 4.97. The first-order valence-electron chi connectivity index (χ1n) is 8.48. The number of thioether (sulfide) groups is 1. The summed E-state index contributed by atoms with van der Waals surface area (Å²) in [5.74, 6) is 0.164. The van der Waals surface area contributed by atoms with Gasteiger partial charge in [0.1, 0.15) is 0 Å². The van der Waals surface area contributed by atoms with Crippen LogP contribution in [0.3, 0.4) is 0 Å². The molecule has 146 valence electrons. The quantitative estimate of drug-likeness (QED) is 0.289. The number of fused-ring (bicyclic) bond motifs is 1. The third kappa shape index (κ3) is 5.03. The number of phenols is 1. The van der Waals surface area contributed by atoms with E-state index < -0.39 is 0 Å². The van der Waals surface area contributed by atoms with Crippen molar-refractivity contribution in [3.05, 3.63) is 46.4 Å². The van der Waals surface area contributed by atoms with Crippen molar-refractivity contribution in [3.8, 4) is 11.5 Å². The summed E-state index contributed by atoms with van der Waals surface area (Å²) in [5, 5.41) is 13.6. The second-order valence-electron chi connectivity index (χ2n) is 5.72. The Labute approximate surface area is 179 Å². The molecule has 0 spiro atoms. The van der Waals surface area contributed by atoms with Crippen molar-refractivity contribution in [2.75, 3.05) is 6.61 Å². The molecule has 28 heavy (non-hydrogen) atoms. The van der Waals surface area contributed by atoms with E-state index in [4.69, 9.17) is 4.74 Å². The van der Waals surface area contributed by atoms with Crippen molar-refractivity contribution in [1.29, 1.82) is 0 Å². The second-order valence-corrected chi connectivity index (χ2v) is 9.20. The van der Waals surface area contributed by atoms with Crippen LogP contribution in [-0.4, -0.2) is 34.1 Å². The second kappa shape index (κ2) is 9.40. The van der Waals surface area contributed by atoms with Gasteiger partial charge in [0, 0.05) is 0 Å². The monoisotopic (exact) mass is 479 g/mol. The predicted octanol–water partition coefficient (Wildman–Crippen LogP) is 4.79. The van der Waals surface area contributed by atoms with Crippen molar-refractivity contribution >= 4 is 61.4 Å². The normalized spacial score (nSPS) is 12.4. The molecule has 0 radical (unpaired) electrons. The number of rotatable bonds is 7. The van der Waals surface area contributed by atoms with Gasteiger partial charge in [0.05, 0.1) is 32.8 Å². The molecule has 6 nitrogen and oxygen atoms in total. The van der Waals surface area contributed by atoms with Crippen molar-refractivity contribution < 1.29 is 14.6 Å². The van der Waals surface area contributed by atoms with E-state index in [9.17, 15) is 9.90 Å². The maximum absolute atomic E-state index is 12.3. The SMILES string of the molecule is CCOc1cc(/C=N\NC(=O)[C@@H](C)Sc2nc3ccccc3s2)cc(Br)c1O. The van der Waals surface area contributed by atoms with Gasteiger partial charge in [0.15, 0.2) is 15.8 Å². The van der Waals surface area contributed by atoms with Crippen molar-refractivity contribution in [1.82, 2.24) is 10.4 Å². The van der Waals surface area contributed by atoms with Gasteiger partial charge in [-0.25, -0.2) is 10.4 Å². The van der Waals surface area contributed by atoms with E-state index in [-0.39, 0.29) is 16.9 Å². The van der Waals surface area contributed by atoms with Crippen molar-refractivity contribution in [2.45, 2.75) is 23.4 Å². The van der Waals surface area contributed by atoms with Crippen LogP contribution >= 0.6 is 39.0 Å². The highest BCUT2D eigenvalue weighted by molar-refractivity contribution is 9.10. The number of ether oxygens (including phenoxy) is 1. The molecule has 1 amide bonds. The minimum atomic E-state index is -0.344. The van der Waals surface area contributed by atoms with Gasteiger partial charge < -0.3 is 9.84 Å². The molecule has 1 heterocycles. The highest BCUT2D eigenvalue weighted by atomic mass is 79.9. The first-order chi connectivity index (χ1) is 13.5. The van der Waals surface area contributed by atoms with E-state index >= 15 is 0 Å². The number of nitrogens with one attached hydrogen (secondary N) is 1. The number of thiazole rings is 1. The Kier molecular flexibility index (Phi) is 6.93. The molecule has 3 rings (SSSR count). The number of hydrogen-bond donors (Lipinski definition) is 2. The number of benzene rings is 2. The van der Waals surface area contributed by atoms with Gasteiger partial charge in [0.25, 0.3) is 5.91 Å². The number of carbonyl (C=O) groups excluding carboxylic acids is 1. The number of halogens is 1. The molecule has 0 fully saturated rings. The maximum Gasteiger partial charge on any atom is 0.253 e. The highest BCUT2D eigenvalue weighted by Crippen LogP contribution is 2.35. The molecule has 0 aliphatic carbocycles. The lowest BCUT2D eigenvalue weighted by Crippen LogP contribution is -2.26. The number of aromatic nitrogens is 1. The van der Waals surface area contributed by atoms with Crippen LogP contribution in [0.4, 0.5) is 0 Å². The van der Waals surface area contributed by atoms with Gasteiger partial charge in [-0.15, -0.1) is 11.3 Å². The molecule has 1 aromatic heterocycles. The fraction of sp³-hybridized carbons (Fsp3) is 0.211. The van der Waals surface area contributed by atoms with E-state index in [1.165, 1.54) is 18.0 Å². The lowest BCUT2D eigenvalue weighted by molar-refractivity contribution is -0.120. The van der Waals surface area contributed by atoms with Crippen LogP contribution in [0.25, 0.3) is 10.2 Å². The van der Waals surface area contributed by atoms with Crippen LogP contribution in [0.15, 0.2) is 50.3 Å². The summed E-state index contributed by atoms with van der Waals surface area (Å²) in [5.41, 5.74) is 4.15. The number of carbonyl (C=O) groups is 1. The molecule has 2 N–H and O–H groups in total. The summed E-state index contributed by atoms with van der Waals surface area (Å²) in [7, 11) is 0. The highest BCUT2D eigenvalue weighted by Gasteiger charge is 2.16. The number of aromatic hydroxyl groups is 1. The van der Waals surface area contributed by atoms with Crippen LogP contribution in [-0.2, 0) is 4.79 Å². The van der Waals surface area contributed by atoms with E-state index in [1.807, 2.05) is 38.1 Å². The number of para-hydroxylation sites is 1. The zero-order valence-corrected chi connectivity index (χ0v) is 18.4. The molecule has 0 unspecified atom stereocenters. The molecule has 0 saturated heterocycles. The Hall–Kier alpha value is -2.10. The third-order valence-corrected chi connectivity index (χ3v) is 6.49. The molecule has 0 aliphatic heterocycles. The zero-order valence-electron chi connectivity index (χ0n) is 15.2. The number of amides is 1. The Balaban J connectivity index is 1.61. The molecular weight excluding hydrogens is 462 g/mol. The molecule has 1 atom stereocenters. The third-order valence-electron chi connectivity index (χ3n) is 3.66. The average Bonchev–Trinajstić information content (AvgIpc) is 3.08. The summed E-state index contributed by atoms with van der Waals surface area (Å²) in [6.45, 7) is 4.07. The van der Waals surface area contributed by atoms with Gasteiger partial charge in [-0.1, -0.05) is 23.9 Å². The fourth-order valence-electron chi connectivity index (χ4n) is 2.30. The maximum atomic E-state index is 12.3. The van der Waals surface area contributed by atoms with Gasteiger partial charge in [-0.3, -0.25) is 4.79 Å². The number of phenolic OH excluding ortho intramolecular Hbond substituents is 1. The van der Waals surface area contributed by atoms with Crippen LogP contribution in [0.2, 0.25) is 0 Å². The molecule has 9 heteroatoms. The van der Waals surface area contributed by atoms with Gasteiger partial charge in [0.2, 0.25) is 0 Å². The minimum Gasteiger partial charge on any atom is -0.503 e. The largest absolute Gasteiger partial charge is 0.503 e. The lowest BCUT2D eigenvalue weighted by atomic mass is 10.2. The Morgan fingerprint density at radius 2 is 2.25 bits per heavy atom. The van der Waals surface area contributed by atoms with Crippen LogP contribution in [0.1, 0.15) is 19.4 Å². The molecule has 3 aromatic rings. The summed E-state index contributed by atoms with van der Waals surface area (Å²) < 4.78 is 7.81. The predicted molar refractivity (Wildman–Crippen MR) is 118 cm³/mol. The molecule has 0 saturated carbocycles. The summed E-state index contributed by atoms with van der Waals surface area (Å²) in [4.78, 5) is 16.8. The standard InChI is InChI=1S/C19H18BrN3O3S2/c1-3-26-15-9-12(8-13(20)17(15)24)10-21-23-18(25)11(2)27-19-22-14-6-4-5-7-16(14)28-19/h4-11,24H,3H2,1-2H3,(H,23,25)/b21-10-/t11-/m1/s1. The van der Waals surface area contributed by atoms with E-state index in [0.29, 0.717) is 22.4 Å². The van der Waals surface area contributed by atoms with Gasteiger partial charge >= 0.3 is 0 Å². The van der Waals surface area contributed by atoms with E-state index in [0.717, 1.165) is 14.6 Å². The number of hydrogen-bond acceptors (Lipinski definition) is 7. The Morgan fingerprint density at radius 1 is 1.46 bits per heavy atom. The van der Waals surface area contributed by atoms with Crippen molar-refractivity contribution in [3.63, 3.8) is 0 Å². The van der Waals surface area contributed by atoms with Gasteiger partial charge in [-0.2, -0.15) is 5.10 Å². The molecular formula is C19H18BrN3O3S2. The zero-order chi connectivity index (χ0) is 20.1. The Morgan fingerprint density at radius 3 is 3.00 bits per heavy atom. The smallest absolute Gasteiger partial charge is 0.253 e. The minimum absolute atomic E-state index is 0.0314. The first-order valence-corrected chi connectivity index (χ1v) is 11.0. The number of hydrazone groups is 1. The Bertz CT molecular complexity index is 990. The average molecular weight is 480 g/mol. The van der Waals surface area contributed by atoms with Crippen LogP contribution in [0, 0.1) is 0 Å². The van der Waals surface area contributed by atoms with E-state index in [2.05, 4.69) is 31.4 Å². The van der Waals surface area contributed by atoms with E-state index in [1.54, 1.807) is 23.5 Å². The van der Waals surface area contributed by atoms with Gasteiger partial charge in [-0.05, 0) is 59.6 Å². The number of nitrogens with zero attached hydrogens (tertiary/aromatic N) is 2.